The normalized spacial score (nSPS) is 13.7. The number of hydrogen-bond donors (Lipinski definition) is 3. The third kappa shape index (κ3) is 10.1. The van der Waals surface area contributed by atoms with E-state index in [0.717, 1.165) is 49.4 Å². The highest BCUT2D eigenvalue weighted by atomic mass is 35.5. The summed E-state index contributed by atoms with van der Waals surface area (Å²) < 4.78 is 5.86. The zero-order valence-corrected chi connectivity index (χ0v) is 20.1. The minimum Gasteiger partial charge on any atom is -0.473 e. The van der Waals surface area contributed by atoms with Crippen LogP contribution in [0.5, 0.6) is 0 Å². The summed E-state index contributed by atoms with van der Waals surface area (Å²) >= 11 is 6.11. The maximum absolute atomic E-state index is 12.3. The summed E-state index contributed by atoms with van der Waals surface area (Å²) in [6.07, 6.45) is 2.05. The highest BCUT2D eigenvalue weighted by Gasteiger charge is 2.21. The van der Waals surface area contributed by atoms with Crippen LogP contribution in [0.3, 0.4) is 0 Å². The molecule has 1 aliphatic heterocycles. The van der Waals surface area contributed by atoms with Gasteiger partial charge in [0.15, 0.2) is 0 Å². The topological polar surface area (TPSA) is 140 Å². The number of carboxylic acids is 2. The van der Waals surface area contributed by atoms with Crippen molar-refractivity contribution in [3.05, 3.63) is 64.2 Å². The van der Waals surface area contributed by atoms with Gasteiger partial charge in [-0.1, -0.05) is 29.8 Å². The SMILES string of the molecule is Cc1ccc(NC(=O)CN2CCC(COCc3ccc(C#N)cc3)CC2)cc1Cl.O=C(O)C(=O)O. The van der Waals surface area contributed by atoms with Crippen LogP contribution >= 0.6 is 11.6 Å². The van der Waals surface area contributed by atoms with Gasteiger partial charge in [-0.05, 0) is 74.2 Å². The lowest BCUT2D eigenvalue weighted by atomic mass is 9.98. The van der Waals surface area contributed by atoms with Gasteiger partial charge in [0.2, 0.25) is 5.91 Å². The molecule has 1 saturated heterocycles. The van der Waals surface area contributed by atoms with Crippen molar-refractivity contribution < 1.29 is 29.3 Å². The molecule has 1 aliphatic rings. The summed E-state index contributed by atoms with van der Waals surface area (Å²) in [4.78, 5) is 32.7. The molecule has 0 spiro atoms. The number of piperidine rings is 1. The standard InChI is InChI=1S/C23H26ClN3O2.C2H2O4/c1-17-2-7-21(12-22(17)24)26-23(28)14-27-10-8-20(9-11-27)16-29-15-19-5-3-18(13-25)4-6-19;3-1(4)2(5)6/h2-7,12,20H,8-11,14-16H2,1H3,(H,26,28);(H,3,4)(H,5,6). The summed E-state index contributed by atoms with van der Waals surface area (Å²) in [5.41, 5.74) is 3.47. The Bertz CT molecular complexity index is 1050. The third-order valence-corrected chi connectivity index (χ3v) is 5.83. The predicted molar refractivity (Wildman–Crippen MR) is 130 cm³/mol. The van der Waals surface area contributed by atoms with Crippen molar-refractivity contribution in [3.8, 4) is 6.07 Å². The maximum Gasteiger partial charge on any atom is 0.414 e. The van der Waals surface area contributed by atoms with Crippen molar-refractivity contribution in [1.82, 2.24) is 4.90 Å². The van der Waals surface area contributed by atoms with Crippen molar-refractivity contribution in [2.75, 3.05) is 31.6 Å². The highest BCUT2D eigenvalue weighted by molar-refractivity contribution is 6.31. The van der Waals surface area contributed by atoms with Crippen LogP contribution in [0.4, 0.5) is 5.69 Å². The van der Waals surface area contributed by atoms with Gasteiger partial charge in [0, 0.05) is 17.3 Å². The predicted octanol–water partition coefficient (Wildman–Crippen LogP) is 3.54. The molecule has 1 amide bonds. The molecule has 3 N–H and O–H groups in total. The van der Waals surface area contributed by atoms with Crippen LogP contribution < -0.4 is 5.32 Å². The van der Waals surface area contributed by atoms with Crippen LogP contribution in [0.15, 0.2) is 42.5 Å². The number of benzene rings is 2. The molecule has 2 aromatic rings. The van der Waals surface area contributed by atoms with Crippen LogP contribution in [0.1, 0.15) is 29.5 Å². The molecule has 0 bridgehead atoms. The van der Waals surface area contributed by atoms with Crippen LogP contribution in [-0.2, 0) is 25.7 Å². The molecule has 1 heterocycles. The van der Waals surface area contributed by atoms with Crippen molar-refractivity contribution >= 4 is 35.1 Å². The number of rotatable bonds is 7. The number of nitrogens with zero attached hydrogens (tertiary/aromatic N) is 2. The second-order valence-electron chi connectivity index (χ2n) is 8.17. The number of anilines is 1. The number of likely N-dealkylation sites (tertiary alicyclic amines) is 1. The van der Waals surface area contributed by atoms with Gasteiger partial charge in [0.25, 0.3) is 0 Å². The van der Waals surface area contributed by atoms with E-state index >= 15 is 0 Å². The van der Waals surface area contributed by atoms with Gasteiger partial charge in [0.1, 0.15) is 0 Å². The molecule has 3 rings (SSSR count). The molecule has 0 aromatic heterocycles. The molecule has 0 radical (unpaired) electrons. The van der Waals surface area contributed by atoms with Crippen molar-refractivity contribution in [1.29, 1.82) is 5.26 Å². The average Bonchev–Trinajstić information content (AvgIpc) is 2.83. The smallest absolute Gasteiger partial charge is 0.414 e. The molecule has 9 nitrogen and oxygen atoms in total. The third-order valence-electron chi connectivity index (χ3n) is 5.42. The Kier molecular flexibility index (Phi) is 11.2. The number of aryl methyl sites for hydroxylation is 1. The lowest BCUT2D eigenvalue weighted by Crippen LogP contribution is -2.40. The van der Waals surface area contributed by atoms with Gasteiger partial charge in [-0.25, -0.2) is 9.59 Å². The Morgan fingerprint density at radius 2 is 1.74 bits per heavy atom. The van der Waals surface area contributed by atoms with Gasteiger partial charge >= 0.3 is 11.9 Å². The average molecular weight is 502 g/mol. The minimum absolute atomic E-state index is 0.0135. The maximum atomic E-state index is 12.3. The molecule has 35 heavy (non-hydrogen) atoms. The Hall–Kier alpha value is -3.45. The van der Waals surface area contributed by atoms with E-state index in [1.165, 1.54) is 0 Å². The van der Waals surface area contributed by atoms with Gasteiger partial charge in [-0.15, -0.1) is 0 Å². The number of carbonyl (C=O) groups is 3. The summed E-state index contributed by atoms with van der Waals surface area (Å²) in [5, 5.41) is 27.2. The molecule has 10 heteroatoms. The number of nitriles is 1. The largest absolute Gasteiger partial charge is 0.473 e. The van der Waals surface area contributed by atoms with E-state index in [0.29, 0.717) is 29.7 Å². The van der Waals surface area contributed by atoms with E-state index in [2.05, 4.69) is 16.3 Å². The molecule has 0 unspecified atom stereocenters. The van der Waals surface area contributed by atoms with Gasteiger partial charge in [-0.2, -0.15) is 5.26 Å². The first-order valence-electron chi connectivity index (χ1n) is 11.0. The first-order chi connectivity index (χ1) is 16.7. The van der Waals surface area contributed by atoms with E-state index in [1.54, 1.807) is 6.07 Å². The number of carbonyl (C=O) groups excluding carboxylic acids is 1. The molecular formula is C25H28ClN3O6. The molecule has 1 fully saturated rings. The molecular weight excluding hydrogens is 474 g/mol. The Labute approximate surface area is 208 Å². The molecule has 0 atom stereocenters. The zero-order valence-electron chi connectivity index (χ0n) is 19.4. The second-order valence-corrected chi connectivity index (χ2v) is 8.57. The summed E-state index contributed by atoms with van der Waals surface area (Å²) in [6.45, 7) is 5.41. The van der Waals surface area contributed by atoms with Crippen molar-refractivity contribution in [3.63, 3.8) is 0 Å². The fourth-order valence-electron chi connectivity index (χ4n) is 3.40. The van der Waals surface area contributed by atoms with Crippen LogP contribution in [0.25, 0.3) is 0 Å². The highest BCUT2D eigenvalue weighted by Crippen LogP contribution is 2.21. The first kappa shape index (κ1) is 27.8. The van der Waals surface area contributed by atoms with Crippen LogP contribution in [0.2, 0.25) is 5.02 Å². The van der Waals surface area contributed by atoms with Crippen molar-refractivity contribution in [2.45, 2.75) is 26.4 Å². The van der Waals surface area contributed by atoms with Crippen molar-refractivity contribution in [2.24, 2.45) is 5.92 Å². The quantitative estimate of drug-likeness (QED) is 0.489. The van der Waals surface area contributed by atoms with E-state index < -0.39 is 11.9 Å². The number of ether oxygens (including phenoxy) is 1. The number of nitrogens with one attached hydrogen (secondary N) is 1. The van der Waals surface area contributed by atoms with Crippen LogP contribution in [-0.4, -0.2) is 59.2 Å². The first-order valence-corrected chi connectivity index (χ1v) is 11.4. The number of hydrogen-bond acceptors (Lipinski definition) is 6. The number of halogens is 1. The Morgan fingerprint density at radius 3 is 2.29 bits per heavy atom. The van der Waals surface area contributed by atoms with Gasteiger partial charge < -0.3 is 20.3 Å². The van der Waals surface area contributed by atoms with E-state index in [9.17, 15) is 4.79 Å². The minimum atomic E-state index is -1.82. The van der Waals surface area contributed by atoms with Crippen LogP contribution in [0, 0.1) is 24.2 Å². The molecule has 186 valence electrons. The van der Waals surface area contributed by atoms with E-state index in [1.807, 2.05) is 43.3 Å². The van der Waals surface area contributed by atoms with E-state index in [-0.39, 0.29) is 5.91 Å². The number of amides is 1. The summed E-state index contributed by atoms with van der Waals surface area (Å²) in [6, 6.07) is 15.2. The lowest BCUT2D eigenvalue weighted by molar-refractivity contribution is -0.159. The number of carboxylic acid groups (broad SMARTS) is 2. The molecule has 0 saturated carbocycles. The van der Waals surface area contributed by atoms with Gasteiger partial charge in [0.05, 0.1) is 24.8 Å². The Balaban J connectivity index is 0.000000641. The second kappa shape index (κ2) is 14.1. The number of aliphatic carboxylic acids is 2. The lowest BCUT2D eigenvalue weighted by Gasteiger charge is -2.31. The van der Waals surface area contributed by atoms with E-state index in [4.69, 9.17) is 41.4 Å². The summed E-state index contributed by atoms with van der Waals surface area (Å²) in [7, 11) is 0. The zero-order chi connectivity index (χ0) is 25.8. The fraction of sp³-hybridized carbons (Fsp3) is 0.360. The molecule has 2 aromatic carbocycles. The molecule has 0 aliphatic carbocycles. The fourth-order valence-corrected chi connectivity index (χ4v) is 3.58. The monoisotopic (exact) mass is 501 g/mol. The van der Waals surface area contributed by atoms with Gasteiger partial charge in [-0.3, -0.25) is 9.69 Å². The summed E-state index contributed by atoms with van der Waals surface area (Å²) in [5.74, 6) is -3.14. The Morgan fingerprint density at radius 1 is 1.11 bits per heavy atom.